The highest BCUT2D eigenvalue weighted by atomic mass is 19.1. The van der Waals surface area contributed by atoms with Crippen molar-refractivity contribution >= 4 is 23.3 Å². The smallest absolute Gasteiger partial charge is 0.301 e. The van der Waals surface area contributed by atoms with Gasteiger partial charge in [-0.2, -0.15) is 0 Å². The number of benzene rings is 2. The number of halogens is 1. The van der Waals surface area contributed by atoms with E-state index in [-0.39, 0.29) is 23.1 Å². The maximum absolute atomic E-state index is 14.8. The minimum atomic E-state index is -1.17. The van der Waals surface area contributed by atoms with Crippen molar-refractivity contribution in [1.29, 1.82) is 0 Å². The molecule has 0 aliphatic carbocycles. The summed E-state index contributed by atoms with van der Waals surface area (Å²) >= 11 is 0. The highest BCUT2D eigenvalue weighted by Crippen LogP contribution is 2.42. The fraction of sp³-hybridized carbons (Fsp3) is 0.160. The molecule has 0 radical (unpaired) electrons. The molecule has 7 heteroatoms. The molecule has 162 valence electrons. The lowest BCUT2D eigenvalue weighted by Gasteiger charge is -2.24. The van der Waals surface area contributed by atoms with Crippen molar-refractivity contribution in [2.24, 2.45) is 0 Å². The van der Waals surface area contributed by atoms with E-state index in [2.05, 4.69) is 4.98 Å². The largest absolute Gasteiger partial charge is 0.507 e. The lowest BCUT2D eigenvalue weighted by Crippen LogP contribution is -2.30. The molecule has 3 aromatic rings. The average Bonchev–Trinajstić information content (AvgIpc) is 3.05. The molecule has 1 aliphatic rings. The van der Waals surface area contributed by atoms with Gasteiger partial charge >= 0.3 is 5.91 Å². The van der Waals surface area contributed by atoms with Crippen LogP contribution >= 0.6 is 0 Å². The zero-order valence-corrected chi connectivity index (χ0v) is 17.5. The first kappa shape index (κ1) is 21.2. The number of ether oxygens (including phenoxy) is 1. The summed E-state index contributed by atoms with van der Waals surface area (Å²) in [5.41, 5.74) is 0.184. The third kappa shape index (κ3) is 3.85. The minimum Gasteiger partial charge on any atom is -0.507 e. The summed E-state index contributed by atoms with van der Waals surface area (Å²) < 4.78 is 20.4. The number of aliphatic hydroxyl groups is 1. The normalized spacial score (nSPS) is 17.8. The van der Waals surface area contributed by atoms with Gasteiger partial charge in [-0.3, -0.25) is 14.5 Å². The predicted octanol–water partition coefficient (Wildman–Crippen LogP) is 4.63. The Morgan fingerprint density at radius 2 is 1.72 bits per heavy atom. The van der Waals surface area contributed by atoms with Crippen LogP contribution in [0.5, 0.6) is 5.75 Å². The van der Waals surface area contributed by atoms with Gasteiger partial charge in [-0.05, 0) is 56.3 Å². The van der Waals surface area contributed by atoms with Gasteiger partial charge in [-0.25, -0.2) is 9.37 Å². The van der Waals surface area contributed by atoms with Crippen molar-refractivity contribution in [3.05, 3.63) is 95.4 Å². The van der Waals surface area contributed by atoms with Gasteiger partial charge in [-0.1, -0.05) is 24.3 Å². The van der Waals surface area contributed by atoms with Crippen molar-refractivity contribution in [2.75, 3.05) is 4.90 Å². The Hall–Kier alpha value is -4.00. The molecule has 1 aliphatic heterocycles. The minimum absolute atomic E-state index is 0.0285. The molecule has 1 N–H and O–H groups in total. The Morgan fingerprint density at radius 3 is 2.34 bits per heavy atom. The van der Waals surface area contributed by atoms with Crippen LogP contribution in [-0.2, 0) is 9.59 Å². The number of aromatic nitrogens is 1. The molecule has 0 saturated carbocycles. The molecular weight excluding hydrogens is 411 g/mol. The molecule has 2 heterocycles. The zero-order chi connectivity index (χ0) is 22.8. The van der Waals surface area contributed by atoms with Gasteiger partial charge in [0.1, 0.15) is 23.1 Å². The summed E-state index contributed by atoms with van der Waals surface area (Å²) in [5, 5.41) is 11.1. The summed E-state index contributed by atoms with van der Waals surface area (Å²) in [5.74, 6) is -2.03. The Balaban J connectivity index is 1.88. The second-order valence-corrected chi connectivity index (χ2v) is 7.57. The predicted molar refractivity (Wildman–Crippen MR) is 118 cm³/mol. The van der Waals surface area contributed by atoms with Crippen molar-refractivity contribution in [1.82, 2.24) is 4.98 Å². The fourth-order valence-corrected chi connectivity index (χ4v) is 3.68. The molecule has 1 aromatic heterocycles. The number of amides is 1. The van der Waals surface area contributed by atoms with Crippen LogP contribution in [0.1, 0.15) is 31.0 Å². The summed E-state index contributed by atoms with van der Waals surface area (Å²) in [6, 6.07) is 16.0. The topological polar surface area (TPSA) is 79.7 Å². The molecule has 2 aromatic carbocycles. The van der Waals surface area contributed by atoms with Crippen LogP contribution in [0.2, 0.25) is 0 Å². The maximum Gasteiger partial charge on any atom is 0.301 e. The third-order valence-corrected chi connectivity index (χ3v) is 5.04. The van der Waals surface area contributed by atoms with Gasteiger partial charge in [-0.15, -0.1) is 0 Å². The van der Waals surface area contributed by atoms with Crippen LogP contribution in [-0.4, -0.2) is 27.9 Å². The molecule has 1 unspecified atom stereocenters. The number of hydrogen-bond donors (Lipinski definition) is 1. The number of carbonyl (C=O) groups is 2. The molecule has 6 nitrogen and oxygen atoms in total. The van der Waals surface area contributed by atoms with Gasteiger partial charge in [0.05, 0.1) is 17.7 Å². The molecular formula is C25H21FN2O4. The van der Waals surface area contributed by atoms with Crippen molar-refractivity contribution in [3.63, 3.8) is 0 Å². The number of hydrogen-bond acceptors (Lipinski definition) is 5. The third-order valence-electron chi connectivity index (χ3n) is 5.04. The van der Waals surface area contributed by atoms with Crippen molar-refractivity contribution in [3.8, 4) is 5.75 Å². The Bertz CT molecular complexity index is 1190. The number of rotatable bonds is 5. The highest BCUT2D eigenvalue weighted by molar-refractivity contribution is 6.51. The van der Waals surface area contributed by atoms with Crippen molar-refractivity contribution < 1.29 is 23.8 Å². The van der Waals surface area contributed by atoms with E-state index in [1.807, 2.05) is 13.8 Å². The molecule has 0 spiro atoms. The van der Waals surface area contributed by atoms with Gasteiger partial charge in [0.15, 0.2) is 0 Å². The summed E-state index contributed by atoms with van der Waals surface area (Å²) in [6.45, 7) is 3.78. The number of carbonyl (C=O) groups excluding carboxylic acids is 2. The Kier molecular flexibility index (Phi) is 5.73. The monoisotopic (exact) mass is 432 g/mol. The van der Waals surface area contributed by atoms with E-state index >= 15 is 0 Å². The van der Waals surface area contributed by atoms with E-state index in [0.717, 1.165) is 4.90 Å². The van der Waals surface area contributed by atoms with E-state index in [4.69, 9.17) is 4.74 Å². The number of aliphatic hydroxyl groups excluding tert-OH is 1. The number of ketones is 1. The molecule has 4 rings (SSSR count). The number of nitrogens with zero attached hydrogens (tertiary/aromatic N) is 2. The molecule has 1 fully saturated rings. The standard InChI is InChI=1S/C25H21FN2O4/c1-15(2)32-17-12-10-16(11-13-17)23(29)21-22(18-7-3-4-8-19(18)26)28(25(31)24(21)30)20-9-5-6-14-27-20/h3-15,22,29H,1-2H3. The van der Waals surface area contributed by atoms with E-state index in [1.165, 1.54) is 24.4 Å². The number of Topliss-reactive ketones (excluding diaryl/α,β-unsaturated/α-hetero) is 1. The lowest BCUT2D eigenvalue weighted by molar-refractivity contribution is -0.132. The summed E-state index contributed by atoms with van der Waals surface area (Å²) in [7, 11) is 0. The molecule has 1 saturated heterocycles. The average molecular weight is 432 g/mol. The summed E-state index contributed by atoms with van der Waals surface area (Å²) in [6.07, 6.45) is 1.44. The van der Waals surface area contributed by atoms with Crippen molar-refractivity contribution in [2.45, 2.75) is 26.0 Å². The second kappa shape index (κ2) is 8.63. The first-order valence-corrected chi connectivity index (χ1v) is 10.1. The zero-order valence-electron chi connectivity index (χ0n) is 17.5. The second-order valence-electron chi connectivity index (χ2n) is 7.57. The summed E-state index contributed by atoms with van der Waals surface area (Å²) in [4.78, 5) is 31.3. The van der Waals surface area contributed by atoms with Crippen LogP contribution < -0.4 is 9.64 Å². The molecule has 0 bridgehead atoms. The SMILES string of the molecule is CC(C)Oc1ccc(C(O)=C2C(=O)C(=O)N(c3ccccn3)C2c2ccccc2F)cc1. The van der Waals surface area contributed by atoms with Crippen LogP contribution in [0.25, 0.3) is 5.76 Å². The highest BCUT2D eigenvalue weighted by Gasteiger charge is 2.48. The molecule has 1 amide bonds. The Labute approximate surface area is 184 Å². The van der Waals surface area contributed by atoms with Crippen LogP contribution in [0.15, 0.2) is 78.5 Å². The van der Waals surface area contributed by atoms with Gasteiger partial charge in [0, 0.05) is 17.3 Å². The van der Waals surface area contributed by atoms with E-state index < -0.39 is 29.3 Å². The van der Waals surface area contributed by atoms with Crippen LogP contribution in [0, 0.1) is 5.82 Å². The van der Waals surface area contributed by atoms with E-state index in [1.54, 1.807) is 48.5 Å². The van der Waals surface area contributed by atoms with Gasteiger partial charge < -0.3 is 9.84 Å². The van der Waals surface area contributed by atoms with Crippen LogP contribution in [0.3, 0.4) is 0 Å². The van der Waals surface area contributed by atoms with Gasteiger partial charge in [0.2, 0.25) is 0 Å². The van der Waals surface area contributed by atoms with Crippen LogP contribution in [0.4, 0.5) is 10.2 Å². The first-order valence-electron chi connectivity index (χ1n) is 10.1. The van der Waals surface area contributed by atoms with E-state index in [9.17, 15) is 19.1 Å². The van der Waals surface area contributed by atoms with Gasteiger partial charge in [0.25, 0.3) is 5.78 Å². The quantitative estimate of drug-likeness (QED) is 0.361. The molecule has 32 heavy (non-hydrogen) atoms. The lowest BCUT2D eigenvalue weighted by atomic mass is 9.95. The molecule has 1 atom stereocenters. The number of pyridine rings is 1. The maximum atomic E-state index is 14.8. The number of anilines is 1. The Morgan fingerprint density at radius 1 is 1.03 bits per heavy atom. The first-order chi connectivity index (χ1) is 15.4. The van der Waals surface area contributed by atoms with E-state index in [0.29, 0.717) is 11.3 Å². The fourth-order valence-electron chi connectivity index (χ4n) is 3.68.